The predicted molar refractivity (Wildman–Crippen MR) is 98.5 cm³/mol. The van der Waals surface area contributed by atoms with Crippen LogP contribution in [0.2, 0.25) is 0 Å². The standard InChI is InChI=1S/C20H27N3O3/c1-20(2,12-13-9-14-7-5-6-8-15(14)10-13)21-17(24)11-16-18(25)23(4)19(26)22(16)3/h5-8,13,16H,9-12H2,1-4H3,(H,21,24). The average Bonchev–Trinajstić information content (AvgIpc) is 3.04. The lowest BCUT2D eigenvalue weighted by Gasteiger charge is -2.30. The van der Waals surface area contributed by atoms with Gasteiger partial charge in [0.25, 0.3) is 5.91 Å². The van der Waals surface area contributed by atoms with Gasteiger partial charge < -0.3 is 10.2 Å². The maximum atomic E-state index is 12.5. The highest BCUT2D eigenvalue weighted by atomic mass is 16.2. The Morgan fingerprint density at radius 2 is 1.73 bits per heavy atom. The Morgan fingerprint density at radius 1 is 1.15 bits per heavy atom. The van der Waals surface area contributed by atoms with Gasteiger partial charge in [-0.05, 0) is 50.2 Å². The van der Waals surface area contributed by atoms with Gasteiger partial charge in [-0.25, -0.2) is 4.79 Å². The van der Waals surface area contributed by atoms with Gasteiger partial charge in [-0.15, -0.1) is 0 Å². The molecule has 1 aliphatic heterocycles. The van der Waals surface area contributed by atoms with Crippen molar-refractivity contribution in [2.24, 2.45) is 5.92 Å². The van der Waals surface area contributed by atoms with Crippen LogP contribution in [0.25, 0.3) is 0 Å². The Hall–Kier alpha value is -2.37. The monoisotopic (exact) mass is 357 g/mol. The van der Waals surface area contributed by atoms with Gasteiger partial charge in [-0.3, -0.25) is 14.5 Å². The van der Waals surface area contributed by atoms with Crippen LogP contribution in [0.3, 0.4) is 0 Å². The van der Waals surface area contributed by atoms with Crippen LogP contribution in [0, 0.1) is 5.92 Å². The van der Waals surface area contributed by atoms with Gasteiger partial charge in [0.05, 0.1) is 6.42 Å². The van der Waals surface area contributed by atoms with Gasteiger partial charge in [-0.1, -0.05) is 24.3 Å². The lowest BCUT2D eigenvalue weighted by Crippen LogP contribution is -2.47. The van der Waals surface area contributed by atoms with Gasteiger partial charge in [0, 0.05) is 19.6 Å². The van der Waals surface area contributed by atoms with Gasteiger partial charge in [0.1, 0.15) is 6.04 Å². The third-order valence-corrected chi connectivity index (χ3v) is 5.46. The summed E-state index contributed by atoms with van der Waals surface area (Å²) >= 11 is 0. The number of amides is 4. The molecule has 140 valence electrons. The maximum Gasteiger partial charge on any atom is 0.326 e. The number of carbonyl (C=O) groups excluding carboxylic acids is 3. The van der Waals surface area contributed by atoms with Crippen LogP contribution in [0.1, 0.15) is 37.8 Å². The summed E-state index contributed by atoms with van der Waals surface area (Å²) in [4.78, 5) is 38.8. The summed E-state index contributed by atoms with van der Waals surface area (Å²) < 4.78 is 0. The van der Waals surface area contributed by atoms with Crippen molar-refractivity contribution in [3.8, 4) is 0 Å². The van der Waals surface area contributed by atoms with Gasteiger partial charge in [0.2, 0.25) is 5.91 Å². The summed E-state index contributed by atoms with van der Waals surface area (Å²) in [6.45, 7) is 4.04. The van der Waals surface area contributed by atoms with Crippen molar-refractivity contribution >= 4 is 17.8 Å². The zero-order chi connectivity index (χ0) is 19.1. The van der Waals surface area contributed by atoms with Crippen molar-refractivity contribution in [3.05, 3.63) is 35.4 Å². The van der Waals surface area contributed by atoms with E-state index in [1.54, 1.807) is 7.05 Å². The number of nitrogens with zero attached hydrogens (tertiary/aromatic N) is 2. The SMILES string of the molecule is CN1C(=O)C(CC(=O)NC(C)(C)CC2Cc3ccccc3C2)N(C)C1=O. The number of benzene rings is 1. The molecule has 0 aromatic heterocycles. The Morgan fingerprint density at radius 3 is 2.23 bits per heavy atom. The molecule has 1 N–H and O–H groups in total. The molecule has 0 saturated carbocycles. The molecule has 2 aliphatic rings. The van der Waals surface area contributed by atoms with Crippen LogP contribution in [-0.4, -0.2) is 53.3 Å². The number of imide groups is 1. The number of likely N-dealkylation sites (N-methyl/N-ethyl adjacent to an activating group) is 2. The highest BCUT2D eigenvalue weighted by molar-refractivity contribution is 6.05. The molecule has 1 unspecified atom stereocenters. The first-order valence-electron chi connectivity index (χ1n) is 9.10. The summed E-state index contributed by atoms with van der Waals surface area (Å²) in [7, 11) is 3.00. The molecule has 6 nitrogen and oxygen atoms in total. The van der Waals surface area contributed by atoms with Crippen molar-refractivity contribution in [3.63, 3.8) is 0 Å². The Kier molecular flexibility index (Phi) is 4.78. The minimum absolute atomic E-state index is 0.000262. The molecule has 0 spiro atoms. The van der Waals surface area contributed by atoms with E-state index in [9.17, 15) is 14.4 Å². The molecule has 3 rings (SSSR count). The first kappa shape index (κ1) is 18.4. The summed E-state index contributed by atoms with van der Waals surface area (Å²) in [5.41, 5.74) is 2.44. The third kappa shape index (κ3) is 3.59. The quantitative estimate of drug-likeness (QED) is 0.819. The number of nitrogens with one attached hydrogen (secondary N) is 1. The number of hydrogen-bond acceptors (Lipinski definition) is 3. The first-order valence-corrected chi connectivity index (χ1v) is 9.10. The largest absolute Gasteiger partial charge is 0.351 e. The molecule has 4 amide bonds. The summed E-state index contributed by atoms with van der Waals surface area (Å²) in [6, 6.07) is 7.42. The lowest BCUT2D eigenvalue weighted by molar-refractivity contribution is -0.131. The van der Waals surface area contributed by atoms with E-state index in [0.717, 1.165) is 24.2 Å². The van der Waals surface area contributed by atoms with Crippen LogP contribution in [0.4, 0.5) is 4.79 Å². The second-order valence-electron chi connectivity index (χ2n) is 8.19. The summed E-state index contributed by atoms with van der Waals surface area (Å²) in [6.07, 6.45) is 2.96. The maximum absolute atomic E-state index is 12.5. The molecule has 1 aliphatic carbocycles. The molecule has 1 atom stereocenters. The van der Waals surface area contributed by atoms with Crippen molar-refractivity contribution in [2.45, 2.75) is 51.1 Å². The van der Waals surface area contributed by atoms with Crippen molar-refractivity contribution < 1.29 is 14.4 Å². The first-order chi connectivity index (χ1) is 12.2. The van der Waals surface area contributed by atoms with E-state index < -0.39 is 6.04 Å². The van der Waals surface area contributed by atoms with Crippen LogP contribution in [0.5, 0.6) is 0 Å². The summed E-state index contributed by atoms with van der Waals surface area (Å²) in [5.74, 6) is -0.0123. The topological polar surface area (TPSA) is 69.7 Å². The van der Waals surface area contributed by atoms with Crippen LogP contribution >= 0.6 is 0 Å². The molecular weight excluding hydrogens is 330 g/mol. The average molecular weight is 357 g/mol. The number of urea groups is 1. The highest BCUT2D eigenvalue weighted by Crippen LogP contribution is 2.32. The minimum atomic E-state index is -0.709. The Balaban J connectivity index is 1.55. The van der Waals surface area contributed by atoms with E-state index in [2.05, 4.69) is 29.6 Å². The molecule has 1 aromatic rings. The van der Waals surface area contributed by atoms with Crippen LogP contribution in [-0.2, 0) is 22.4 Å². The zero-order valence-corrected chi connectivity index (χ0v) is 15.9. The van der Waals surface area contributed by atoms with Gasteiger partial charge >= 0.3 is 6.03 Å². The predicted octanol–water partition coefficient (Wildman–Crippen LogP) is 1.97. The molecule has 6 heteroatoms. The molecule has 0 bridgehead atoms. The fraction of sp³-hybridized carbons (Fsp3) is 0.550. The number of hydrogen-bond donors (Lipinski definition) is 1. The normalized spacial score (nSPS) is 20.7. The van der Waals surface area contributed by atoms with Gasteiger partial charge in [-0.2, -0.15) is 0 Å². The molecule has 26 heavy (non-hydrogen) atoms. The van der Waals surface area contributed by atoms with Crippen LogP contribution in [0.15, 0.2) is 24.3 Å². The molecule has 1 fully saturated rings. The molecule has 1 saturated heterocycles. The Labute approximate surface area is 154 Å². The third-order valence-electron chi connectivity index (χ3n) is 5.46. The van der Waals surface area contributed by atoms with E-state index in [0.29, 0.717) is 5.92 Å². The van der Waals surface area contributed by atoms with Crippen LogP contribution < -0.4 is 5.32 Å². The minimum Gasteiger partial charge on any atom is -0.351 e. The fourth-order valence-electron chi connectivity index (χ4n) is 4.25. The van der Waals surface area contributed by atoms with Crippen molar-refractivity contribution in [1.82, 2.24) is 15.1 Å². The second kappa shape index (κ2) is 6.74. The summed E-state index contributed by atoms with van der Waals surface area (Å²) in [5, 5.41) is 3.06. The van der Waals surface area contributed by atoms with Gasteiger partial charge in [0.15, 0.2) is 0 Å². The lowest BCUT2D eigenvalue weighted by atomic mass is 9.88. The van der Waals surface area contributed by atoms with Crippen molar-refractivity contribution in [2.75, 3.05) is 14.1 Å². The van der Waals surface area contributed by atoms with E-state index in [1.165, 1.54) is 23.1 Å². The van der Waals surface area contributed by atoms with E-state index >= 15 is 0 Å². The number of carbonyl (C=O) groups is 3. The smallest absolute Gasteiger partial charge is 0.326 e. The number of rotatable bonds is 5. The van der Waals surface area contributed by atoms with Crippen molar-refractivity contribution in [1.29, 1.82) is 0 Å². The molecule has 0 radical (unpaired) electrons. The van der Waals surface area contributed by atoms with E-state index in [-0.39, 0.29) is 29.8 Å². The highest BCUT2D eigenvalue weighted by Gasteiger charge is 2.42. The second-order valence-corrected chi connectivity index (χ2v) is 8.19. The van der Waals surface area contributed by atoms with E-state index in [1.807, 2.05) is 13.8 Å². The zero-order valence-electron chi connectivity index (χ0n) is 15.9. The molecule has 1 heterocycles. The molecular formula is C20H27N3O3. The molecule has 1 aromatic carbocycles. The fourth-order valence-corrected chi connectivity index (χ4v) is 4.25. The number of fused-ring (bicyclic) bond motifs is 1. The van der Waals surface area contributed by atoms with E-state index in [4.69, 9.17) is 0 Å². The Bertz CT molecular complexity index is 719.